The van der Waals surface area contributed by atoms with E-state index in [4.69, 9.17) is 4.78 Å². The average molecular weight is 413 g/mol. The van der Waals surface area contributed by atoms with E-state index in [2.05, 4.69) is 15.0 Å². The molecule has 3 atom stereocenters. The summed E-state index contributed by atoms with van der Waals surface area (Å²) >= 11 is 0. The number of halogens is 2. The largest absolute Gasteiger partial charge is 0.368 e. The van der Waals surface area contributed by atoms with E-state index in [1.54, 1.807) is 17.8 Å². The first-order chi connectivity index (χ1) is 13.1. The van der Waals surface area contributed by atoms with Crippen LogP contribution in [0.25, 0.3) is 0 Å². The van der Waals surface area contributed by atoms with Gasteiger partial charge in [0, 0.05) is 31.2 Å². The van der Waals surface area contributed by atoms with Gasteiger partial charge in [-0.1, -0.05) is 13.8 Å². The third-order valence-electron chi connectivity index (χ3n) is 5.00. The number of hydrogen-bond acceptors (Lipinski definition) is 5. The van der Waals surface area contributed by atoms with Crippen molar-refractivity contribution in [3.63, 3.8) is 0 Å². The van der Waals surface area contributed by atoms with E-state index in [1.807, 2.05) is 13.8 Å². The van der Waals surface area contributed by atoms with Crippen molar-refractivity contribution in [1.82, 2.24) is 14.3 Å². The van der Waals surface area contributed by atoms with E-state index in [1.165, 1.54) is 18.3 Å². The van der Waals surface area contributed by atoms with Gasteiger partial charge in [-0.15, -0.1) is 0 Å². The van der Waals surface area contributed by atoms with Crippen LogP contribution in [0.15, 0.2) is 29.4 Å². The van der Waals surface area contributed by atoms with Gasteiger partial charge in [0.25, 0.3) is 6.43 Å². The molecule has 3 heterocycles. The summed E-state index contributed by atoms with van der Waals surface area (Å²) in [6, 6.07) is 2.59. The highest BCUT2D eigenvalue weighted by Crippen LogP contribution is 2.33. The van der Waals surface area contributed by atoms with E-state index < -0.39 is 22.6 Å². The molecule has 7 nitrogen and oxygen atoms in total. The summed E-state index contributed by atoms with van der Waals surface area (Å²) in [5.74, 6) is 0.208. The van der Waals surface area contributed by atoms with Gasteiger partial charge < -0.3 is 15.0 Å². The number of aliphatic hydroxyl groups is 1. The monoisotopic (exact) mass is 413 g/mol. The fourth-order valence-electron chi connectivity index (χ4n) is 3.51. The number of nitrogens with one attached hydrogen (secondary N) is 3. The second-order valence-corrected chi connectivity index (χ2v) is 9.14. The number of aliphatic hydroxyl groups excluding tert-OH is 1. The molecule has 3 rings (SSSR count). The molecule has 0 fully saturated rings. The predicted molar refractivity (Wildman–Crippen MR) is 102 cm³/mol. The zero-order valence-electron chi connectivity index (χ0n) is 15.9. The average Bonchev–Trinajstić information content (AvgIpc) is 2.89. The molecule has 0 saturated heterocycles. The Morgan fingerprint density at radius 1 is 1.46 bits per heavy atom. The number of aryl methyl sites for hydroxylation is 1. The topological polar surface area (TPSA) is 103 Å². The van der Waals surface area contributed by atoms with Crippen LogP contribution in [-0.4, -0.2) is 24.9 Å². The van der Waals surface area contributed by atoms with Crippen LogP contribution in [0, 0.1) is 10.7 Å². The van der Waals surface area contributed by atoms with Crippen LogP contribution in [0.1, 0.15) is 49.9 Å². The fraction of sp³-hybridized carbons (Fsp3) is 0.500. The summed E-state index contributed by atoms with van der Waals surface area (Å²) in [6.07, 6.45) is 0.140. The molecule has 1 aliphatic rings. The second-order valence-electron chi connectivity index (χ2n) is 7.35. The Balaban J connectivity index is 1.94. The Morgan fingerprint density at radius 3 is 2.82 bits per heavy atom. The minimum absolute atomic E-state index is 0.0746. The normalized spacial score (nSPS) is 23.5. The maximum Gasteiger partial charge on any atom is 0.280 e. The minimum atomic E-state index is -3.22. The van der Waals surface area contributed by atoms with Crippen molar-refractivity contribution >= 4 is 15.6 Å². The van der Waals surface area contributed by atoms with Gasteiger partial charge in [0.2, 0.25) is 0 Å². The molecular formula is C18H25F2N5O2S. The molecule has 2 unspecified atom stereocenters. The van der Waals surface area contributed by atoms with Crippen LogP contribution >= 0.6 is 0 Å². The standard InChI is InChI=1S/C18H25F2N5O2S/c1-10(2)13-5-4-12-15(28(21,27)24-13)9-25(3)16(12)18(26)23-11-6-7-22-14(8-11)17(19)20/h6-10,13,17-18,26H,4-5H2,1-3H3,(H,22,23)(H2,21,24,27)/t13-,18?,28?/m0/s1. The second kappa shape index (κ2) is 7.76. The molecule has 4 N–H and O–H groups in total. The first-order valence-corrected chi connectivity index (χ1v) is 10.6. The van der Waals surface area contributed by atoms with Crippen molar-refractivity contribution in [2.24, 2.45) is 13.0 Å². The Bertz CT molecular complexity index is 959. The number of nitrogens with zero attached hydrogens (tertiary/aromatic N) is 2. The van der Waals surface area contributed by atoms with E-state index in [9.17, 15) is 18.1 Å². The first-order valence-electron chi connectivity index (χ1n) is 9.03. The molecule has 0 radical (unpaired) electrons. The lowest BCUT2D eigenvalue weighted by atomic mass is 9.97. The molecule has 2 aromatic rings. The van der Waals surface area contributed by atoms with Gasteiger partial charge in [0.1, 0.15) is 15.6 Å². The molecule has 10 heteroatoms. The van der Waals surface area contributed by atoms with Gasteiger partial charge in [-0.3, -0.25) is 4.98 Å². The van der Waals surface area contributed by atoms with E-state index >= 15 is 0 Å². The molecule has 0 spiro atoms. The van der Waals surface area contributed by atoms with Crippen LogP contribution in [0.4, 0.5) is 14.5 Å². The van der Waals surface area contributed by atoms with Crippen molar-refractivity contribution < 1.29 is 18.1 Å². The number of fused-ring (bicyclic) bond motifs is 1. The lowest BCUT2D eigenvalue weighted by molar-refractivity contribution is 0.146. The summed E-state index contributed by atoms with van der Waals surface area (Å²) in [7, 11) is -1.52. The molecule has 1 aliphatic heterocycles. The summed E-state index contributed by atoms with van der Waals surface area (Å²) in [4.78, 5) is 3.96. The number of aromatic nitrogens is 2. The molecule has 0 bridgehead atoms. The molecule has 0 aromatic carbocycles. The molecule has 0 aliphatic carbocycles. The number of anilines is 1. The highest BCUT2D eigenvalue weighted by Gasteiger charge is 2.31. The van der Waals surface area contributed by atoms with Gasteiger partial charge >= 0.3 is 0 Å². The molecule has 154 valence electrons. The van der Waals surface area contributed by atoms with E-state index in [-0.39, 0.29) is 17.7 Å². The predicted octanol–water partition coefficient (Wildman–Crippen LogP) is 3.34. The maximum atomic E-state index is 13.0. The maximum absolute atomic E-state index is 13.0. The zero-order valence-corrected chi connectivity index (χ0v) is 16.8. The van der Waals surface area contributed by atoms with Crippen LogP contribution in [0.3, 0.4) is 0 Å². The molecule has 2 aromatic heterocycles. The summed E-state index contributed by atoms with van der Waals surface area (Å²) in [5.41, 5.74) is 1.03. The first kappa shape index (κ1) is 20.7. The van der Waals surface area contributed by atoms with Crippen LogP contribution < -0.4 is 10.0 Å². The Hall–Kier alpha value is -2.04. The third kappa shape index (κ3) is 4.03. The van der Waals surface area contributed by atoms with Crippen molar-refractivity contribution in [3.05, 3.63) is 41.5 Å². The summed E-state index contributed by atoms with van der Waals surface area (Å²) < 4.78 is 51.6. The Morgan fingerprint density at radius 2 is 2.18 bits per heavy atom. The van der Waals surface area contributed by atoms with E-state index in [0.29, 0.717) is 34.7 Å². The molecule has 0 saturated carbocycles. The quantitative estimate of drug-likeness (QED) is 0.565. The van der Waals surface area contributed by atoms with Crippen LogP contribution in [0.5, 0.6) is 0 Å². The lowest BCUT2D eigenvalue weighted by Crippen LogP contribution is -2.36. The van der Waals surface area contributed by atoms with Gasteiger partial charge in [0.15, 0.2) is 6.23 Å². The molecule has 0 amide bonds. The minimum Gasteiger partial charge on any atom is -0.368 e. The zero-order chi connectivity index (χ0) is 20.6. The number of hydrogen-bond donors (Lipinski definition) is 4. The highest BCUT2D eigenvalue weighted by atomic mass is 32.2. The van der Waals surface area contributed by atoms with Crippen LogP contribution in [0.2, 0.25) is 0 Å². The number of pyridine rings is 1. The number of rotatable bonds is 5. The van der Waals surface area contributed by atoms with E-state index in [0.717, 1.165) is 0 Å². The lowest BCUT2D eigenvalue weighted by Gasteiger charge is -2.21. The smallest absolute Gasteiger partial charge is 0.280 e. The van der Waals surface area contributed by atoms with Crippen molar-refractivity contribution in [3.8, 4) is 0 Å². The number of alkyl halides is 2. The van der Waals surface area contributed by atoms with Gasteiger partial charge in [-0.25, -0.2) is 22.5 Å². The van der Waals surface area contributed by atoms with Crippen molar-refractivity contribution in [2.75, 3.05) is 5.32 Å². The van der Waals surface area contributed by atoms with Gasteiger partial charge in [-0.05, 0) is 36.5 Å². The Kier molecular flexibility index (Phi) is 5.74. The highest BCUT2D eigenvalue weighted by molar-refractivity contribution is 7.90. The SMILES string of the molecule is CC(C)[C@@H]1CCc2c(cn(C)c2C(O)Nc2ccnc(C(F)F)c2)S(=N)(=O)N1. The van der Waals surface area contributed by atoms with Crippen molar-refractivity contribution in [1.29, 1.82) is 4.78 Å². The van der Waals surface area contributed by atoms with Crippen molar-refractivity contribution in [2.45, 2.75) is 50.3 Å². The molecular weight excluding hydrogens is 388 g/mol. The van der Waals surface area contributed by atoms with Gasteiger partial charge in [-0.2, -0.15) is 0 Å². The summed E-state index contributed by atoms with van der Waals surface area (Å²) in [5, 5.41) is 13.6. The third-order valence-corrected chi connectivity index (χ3v) is 6.61. The fourth-order valence-corrected chi connectivity index (χ4v) is 5.31. The van der Waals surface area contributed by atoms with Gasteiger partial charge in [0.05, 0.1) is 10.6 Å². The molecule has 28 heavy (non-hydrogen) atoms. The summed E-state index contributed by atoms with van der Waals surface area (Å²) in [6.45, 7) is 4.01. The Labute approximate surface area is 163 Å². The van der Waals surface area contributed by atoms with Crippen LogP contribution in [-0.2, 0) is 23.4 Å².